The molecule has 60 valence electrons. The normalized spacial score (nSPS) is 8.00. The molecule has 0 heterocycles. The molecule has 0 N–H and O–H groups in total. The Hall–Kier alpha value is -0.403. The molecule has 0 aliphatic heterocycles. The SMILES string of the molecule is C=[N+]=[N-].CC[SiH](CC)CC. The molecule has 0 atom stereocenters. The van der Waals surface area contributed by atoms with E-state index in [0.29, 0.717) is 0 Å². The summed E-state index contributed by atoms with van der Waals surface area (Å²) in [6.07, 6.45) is 0. The van der Waals surface area contributed by atoms with Crippen LogP contribution in [0.5, 0.6) is 0 Å². The molecular formula is C7H18N2Si. The minimum Gasteiger partial charge on any atom is -0.362 e. The van der Waals surface area contributed by atoms with E-state index in [1.807, 2.05) is 0 Å². The van der Waals surface area contributed by atoms with Gasteiger partial charge in [-0.3, -0.25) is 0 Å². The lowest BCUT2D eigenvalue weighted by molar-refractivity contribution is 0.0110. The minimum atomic E-state index is -0.171. The Bertz CT molecular complexity index is 78.1. The van der Waals surface area contributed by atoms with Gasteiger partial charge in [-0.15, -0.1) is 0 Å². The Kier molecular flexibility index (Phi) is 14.0. The van der Waals surface area contributed by atoms with E-state index in [9.17, 15) is 0 Å². The zero-order valence-electron chi connectivity index (χ0n) is 7.30. The summed E-state index contributed by atoms with van der Waals surface area (Å²) < 4.78 is 0. The molecular weight excluding hydrogens is 140 g/mol. The molecule has 0 aromatic carbocycles. The van der Waals surface area contributed by atoms with Gasteiger partial charge in [0, 0.05) is 8.80 Å². The fourth-order valence-corrected chi connectivity index (χ4v) is 2.60. The molecule has 0 spiro atoms. The van der Waals surface area contributed by atoms with Crippen LogP contribution in [0.4, 0.5) is 0 Å². The Morgan fingerprint density at radius 2 is 1.40 bits per heavy atom. The second kappa shape index (κ2) is 11.4. The first-order valence-corrected chi connectivity index (χ1v) is 6.31. The van der Waals surface area contributed by atoms with Gasteiger partial charge in [0.1, 0.15) is 0 Å². The van der Waals surface area contributed by atoms with Crippen molar-refractivity contribution < 1.29 is 4.79 Å². The van der Waals surface area contributed by atoms with Crippen molar-refractivity contribution in [2.75, 3.05) is 0 Å². The average molecular weight is 158 g/mol. The zero-order chi connectivity index (χ0) is 8.41. The standard InChI is InChI=1S/C6H16Si.CH2N2/c1-4-7(5-2)6-3;1-3-2/h7H,4-6H2,1-3H3;1H2. The smallest absolute Gasteiger partial charge is 0.245 e. The van der Waals surface area contributed by atoms with Crippen LogP contribution in [-0.2, 0) is 0 Å². The molecule has 0 amide bonds. The first kappa shape index (κ1) is 12.3. The predicted molar refractivity (Wildman–Crippen MR) is 49.3 cm³/mol. The van der Waals surface area contributed by atoms with Crippen LogP contribution in [0.3, 0.4) is 0 Å². The number of hydrogen-bond donors (Lipinski definition) is 0. The predicted octanol–water partition coefficient (Wildman–Crippen LogP) is 2.19. The molecule has 0 bridgehead atoms. The van der Waals surface area contributed by atoms with Gasteiger partial charge in [0.25, 0.3) is 0 Å². The highest BCUT2D eigenvalue weighted by molar-refractivity contribution is 6.58. The van der Waals surface area contributed by atoms with Gasteiger partial charge in [-0.1, -0.05) is 38.9 Å². The highest BCUT2D eigenvalue weighted by Crippen LogP contribution is 2.01. The molecule has 2 nitrogen and oxygen atoms in total. The van der Waals surface area contributed by atoms with Gasteiger partial charge in [-0.25, -0.2) is 0 Å². The molecule has 0 fully saturated rings. The average Bonchev–Trinajstić information content (AvgIpc) is 1.93. The maximum atomic E-state index is 7.08. The molecule has 0 aliphatic rings. The third kappa shape index (κ3) is 10.6. The van der Waals surface area contributed by atoms with Crippen molar-refractivity contribution in [3.05, 3.63) is 5.53 Å². The zero-order valence-corrected chi connectivity index (χ0v) is 8.45. The summed E-state index contributed by atoms with van der Waals surface area (Å²) in [5, 5.41) is 0. The van der Waals surface area contributed by atoms with Crippen LogP contribution < -0.4 is 0 Å². The van der Waals surface area contributed by atoms with Crippen molar-refractivity contribution in [3.8, 4) is 0 Å². The molecule has 0 aromatic rings. The summed E-state index contributed by atoms with van der Waals surface area (Å²) in [7, 11) is -0.171. The molecule has 0 rings (SSSR count). The van der Waals surface area contributed by atoms with Crippen LogP contribution >= 0.6 is 0 Å². The molecule has 3 heteroatoms. The Balaban J connectivity index is 0. The topological polar surface area (TPSA) is 36.4 Å². The van der Waals surface area contributed by atoms with Gasteiger partial charge in [0.15, 0.2) is 0 Å². The Morgan fingerprint density at radius 1 is 1.20 bits per heavy atom. The van der Waals surface area contributed by atoms with Gasteiger partial charge >= 0.3 is 0 Å². The van der Waals surface area contributed by atoms with Gasteiger partial charge in [0.05, 0.1) is 0 Å². The highest BCUT2D eigenvalue weighted by Gasteiger charge is 1.98. The molecule has 0 saturated heterocycles. The molecule has 0 radical (unpaired) electrons. The van der Waals surface area contributed by atoms with E-state index in [0.717, 1.165) is 0 Å². The van der Waals surface area contributed by atoms with E-state index in [-0.39, 0.29) is 8.80 Å². The third-order valence-corrected chi connectivity index (χ3v) is 5.20. The largest absolute Gasteiger partial charge is 0.362 e. The van der Waals surface area contributed by atoms with E-state index in [1.54, 1.807) is 0 Å². The molecule has 0 aliphatic carbocycles. The maximum absolute atomic E-state index is 7.08. The molecule has 10 heavy (non-hydrogen) atoms. The Labute approximate surface area is 65.5 Å². The number of hydrogen-bond acceptors (Lipinski definition) is 0. The lowest BCUT2D eigenvalue weighted by Crippen LogP contribution is -2.04. The summed E-state index contributed by atoms with van der Waals surface area (Å²) in [6.45, 7) is 9.64. The maximum Gasteiger partial charge on any atom is 0.245 e. The lowest BCUT2D eigenvalue weighted by Gasteiger charge is -2.03. The number of rotatable bonds is 3. The summed E-state index contributed by atoms with van der Waals surface area (Å²) in [6, 6.07) is 4.48. The minimum absolute atomic E-state index is 0.171. The van der Waals surface area contributed by atoms with E-state index in [4.69, 9.17) is 5.53 Å². The molecule has 0 saturated carbocycles. The van der Waals surface area contributed by atoms with Crippen molar-refractivity contribution in [1.29, 1.82) is 0 Å². The van der Waals surface area contributed by atoms with Crippen LogP contribution in [0.1, 0.15) is 20.8 Å². The summed E-state index contributed by atoms with van der Waals surface area (Å²) in [5.41, 5.74) is 7.08. The van der Waals surface area contributed by atoms with Crippen LogP contribution in [0, 0.1) is 0 Å². The van der Waals surface area contributed by atoms with Crippen LogP contribution in [0.25, 0.3) is 5.53 Å². The van der Waals surface area contributed by atoms with Crippen molar-refractivity contribution in [3.63, 3.8) is 0 Å². The van der Waals surface area contributed by atoms with Crippen LogP contribution in [-0.4, -0.2) is 20.3 Å². The van der Waals surface area contributed by atoms with E-state index in [2.05, 4.69) is 32.3 Å². The van der Waals surface area contributed by atoms with Crippen molar-refractivity contribution in [1.82, 2.24) is 0 Å². The van der Waals surface area contributed by atoms with Crippen molar-refractivity contribution in [2.45, 2.75) is 38.9 Å². The summed E-state index contributed by atoms with van der Waals surface area (Å²) >= 11 is 0. The first-order chi connectivity index (χ1) is 4.76. The first-order valence-electron chi connectivity index (χ1n) is 3.86. The van der Waals surface area contributed by atoms with Gasteiger partial charge < -0.3 is 5.53 Å². The third-order valence-electron chi connectivity index (χ3n) is 1.73. The fourth-order valence-electron chi connectivity index (χ4n) is 0.866. The monoisotopic (exact) mass is 158 g/mol. The molecule has 0 aromatic heterocycles. The van der Waals surface area contributed by atoms with E-state index < -0.39 is 0 Å². The molecule has 0 unspecified atom stereocenters. The quantitative estimate of drug-likeness (QED) is 0.261. The van der Waals surface area contributed by atoms with Gasteiger partial charge in [0.2, 0.25) is 6.72 Å². The Morgan fingerprint density at radius 3 is 1.40 bits per heavy atom. The fraction of sp³-hybridized carbons (Fsp3) is 0.857. The van der Waals surface area contributed by atoms with Gasteiger partial charge in [-0.2, -0.15) is 4.79 Å². The summed E-state index contributed by atoms with van der Waals surface area (Å²) in [4.78, 5) is 2.25. The second-order valence-corrected chi connectivity index (χ2v) is 6.41. The van der Waals surface area contributed by atoms with Crippen LogP contribution in [0.15, 0.2) is 0 Å². The highest BCUT2D eigenvalue weighted by atomic mass is 28.3. The van der Waals surface area contributed by atoms with E-state index >= 15 is 0 Å². The van der Waals surface area contributed by atoms with Crippen molar-refractivity contribution in [2.24, 2.45) is 0 Å². The number of nitrogens with zero attached hydrogens (tertiary/aromatic N) is 2. The summed E-state index contributed by atoms with van der Waals surface area (Å²) in [5.74, 6) is 0. The van der Waals surface area contributed by atoms with E-state index in [1.165, 1.54) is 18.1 Å². The van der Waals surface area contributed by atoms with Crippen LogP contribution in [0.2, 0.25) is 18.1 Å². The lowest BCUT2D eigenvalue weighted by atomic mass is 10.9. The van der Waals surface area contributed by atoms with Crippen molar-refractivity contribution >= 4 is 15.5 Å². The second-order valence-electron chi connectivity index (χ2n) is 2.23. The van der Waals surface area contributed by atoms with Gasteiger partial charge in [-0.05, 0) is 0 Å².